The standard InChI is InChI=1S/C20H12Se2/c1-3-7-15-13(5-1)9-11-17-19(15)20-16-8-4-2-6-14(16)10-12-18(20)22-21-17/h1-12H. The van der Waals surface area contributed by atoms with Gasteiger partial charge in [0.15, 0.2) is 0 Å². The van der Waals surface area contributed by atoms with E-state index in [1.54, 1.807) is 8.92 Å². The summed E-state index contributed by atoms with van der Waals surface area (Å²) in [7, 11) is 0. The Labute approximate surface area is 140 Å². The first kappa shape index (κ1) is 12.9. The first-order chi connectivity index (χ1) is 10.9. The maximum atomic E-state index is 2.37. The van der Waals surface area contributed by atoms with Gasteiger partial charge in [-0.1, -0.05) is 0 Å². The first-order valence-electron chi connectivity index (χ1n) is 7.30. The van der Waals surface area contributed by atoms with Gasteiger partial charge in [0.05, 0.1) is 0 Å². The third-order valence-electron chi connectivity index (χ3n) is 4.25. The summed E-state index contributed by atoms with van der Waals surface area (Å²) in [6, 6.07) is 27.0. The molecule has 0 aliphatic carbocycles. The van der Waals surface area contributed by atoms with Crippen molar-refractivity contribution in [2.24, 2.45) is 0 Å². The number of hydrogen-bond acceptors (Lipinski definition) is 0. The molecule has 0 N–H and O–H groups in total. The molecule has 0 bridgehead atoms. The van der Waals surface area contributed by atoms with Gasteiger partial charge in [-0.3, -0.25) is 0 Å². The van der Waals surface area contributed by atoms with E-state index >= 15 is 0 Å². The summed E-state index contributed by atoms with van der Waals surface area (Å²) in [6.07, 6.45) is 0. The van der Waals surface area contributed by atoms with Crippen molar-refractivity contribution in [2.75, 3.05) is 0 Å². The second-order valence-electron chi connectivity index (χ2n) is 5.49. The Morgan fingerprint density at radius 1 is 0.455 bits per heavy atom. The molecule has 0 unspecified atom stereocenters. The first-order valence-corrected chi connectivity index (χ1v) is 13.3. The quantitative estimate of drug-likeness (QED) is 0.391. The molecule has 2 heteroatoms. The molecule has 0 saturated carbocycles. The van der Waals surface area contributed by atoms with Crippen LogP contribution in [0.3, 0.4) is 0 Å². The molecule has 0 aromatic heterocycles. The zero-order valence-corrected chi connectivity index (χ0v) is 15.2. The van der Waals surface area contributed by atoms with E-state index in [9.17, 15) is 0 Å². The molecular formula is C20H12Se2. The normalized spacial score (nSPS) is 13.1. The van der Waals surface area contributed by atoms with Crippen LogP contribution in [0.25, 0.3) is 32.7 Å². The van der Waals surface area contributed by atoms with Crippen molar-refractivity contribution in [3.8, 4) is 11.1 Å². The topological polar surface area (TPSA) is 0 Å². The fourth-order valence-corrected chi connectivity index (χ4v) is 10.4. The van der Waals surface area contributed by atoms with Crippen LogP contribution >= 0.6 is 0 Å². The molecule has 0 nitrogen and oxygen atoms in total. The Bertz CT molecular complexity index is 949. The van der Waals surface area contributed by atoms with Crippen LogP contribution < -0.4 is 8.92 Å². The molecule has 4 aromatic carbocycles. The third kappa shape index (κ3) is 1.82. The monoisotopic (exact) mass is 412 g/mol. The van der Waals surface area contributed by atoms with Crippen LogP contribution in [-0.2, 0) is 0 Å². The summed E-state index contributed by atoms with van der Waals surface area (Å²) in [6.45, 7) is 0. The van der Waals surface area contributed by atoms with Crippen LogP contribution in [0, 0.1) is 0 Å². The van der Waals surface area contributed by atoms with Gasteiger partial charge in [0.2, 0.25) is 0 Å². The van der Waals surface area contributed by atoms with E-state index in [0.29, 0.717) is 26.3 Å². The molecule has 0 radical (unpaired) electrons. The number of fused-ring (bicyclic) bond motifs is 7. The average molecular weight is 410 g/mol. The summed E-state index contributed by atoms with van der Waals surface area (Å²) in [4.78, 5) is 0. The number of benzene rings is 4. The van der Waals surface area contributed by atoms with Crippen molar-refractivity contribution in [3.05, 3.63) is 72.8 Å². The van der Waals surface area contributed by atoms with Gasteiger partial charge in [0.1, 0.15) is 0 Å². The predicted molar refractivity (Wildman–Crippen MR) is 97.7 cm³/mol. The second kappa shape index (κ2) is 4.98. The Balaban J connectivity index is 2.00. The fourth-order valence-electron chi connectivity index (χ4n) is 3.25. The summed E-state index contributed by atoms with van der Waals surface area (Å²) < 4.78 is 3.16. The van der Waals surface area contributed by atoms with Crippen molar-refractivity contribution in [1.29, 1.82) is 0 Å². The van der Waals surface area contributed by atoms with Crippen molar-refractivity contribution < 1.29 is 0 Å². The predicted octanol–water partition coefficient (Wildman–Crippen LogP) is 3.25. The maximum absolute atomic E-state index is 2.37. The zero-order valence-electron chi connectivity index (χ0n) is 11.7. The van der Waals surface area contributed by atoms with Crippen LogP contribution in [0.4, 0.5) is 0 Å². The second-order valence-corrected chi connectivity index (χ2v) is 11.7. The molecule has 104 valence electrons. The Morgan fingerprint density at radius 2 is 0.909 bits per heavy atom. The van der Waals surface area contributed by atoms with Crippen molar-refractivity contribution >= 4 is 56.7 Å². The van der Waals surface area contributed by atoms with E-state index in [-0.39, 0.29) is 0 Å². The van der Waals surface area contributed by atoms with Crippen LogP contribution in [0.1, 0.15) is 0 Å². The average Bonchev–Trinajstić information content (AvgIpc) is 2.60. The molecular weight excluding hydrogens is 398 g/mol. The Kier molecular flexibility index (Phi) is 2.93. The molecule has 1 aliphatic rings. The van der Waals surface area contributed by atoms with Crippen molar-refractivity contribution in [2.45, 2.75) is 0 Å². The van der Waals surface area contributed by atoms with E-state index in [0.717, 1.165) is 0 Å². The van der Waals surface area contributed by atoms with E-state index in [1.165, 1.54) is 32.7 Å². The molecule has 4 aromatic rings. The van der Waals surface area contributed by atoms with Crippen LogP contribution in [0.15, 0.2) is 72.8 Å². The van der Waals surface area contributed by atoms with Crippen LogP contribution in [-0.4, -0.2) is 26.3 Å². The van der Waals surface area contributed by atoms with Crippen molar-refractivity contribution in [1.82, 2.24) is 0 Å². The minimum atomic E-state index is 0.599. The van der Waals surface area contributed by atoms with E-state index in [1.807, 2.05) is 0 Å². The van der Waals surface area contributed by atoms with E-state index in [2.05, 4.69) is 72.8 Å². The summed E-state index contributed by atoms with van der Waals surface area (Å²) in [5.74, 6) is 0. The van der Waals surface area contributed by atoms with Gasteiger partial charge in [-0.15, -0.1) is 0 Å². The SMILES string of the molecule is c1ccc2c3c(ccc2c1)[Se][Se]c1ccc2ccccc2c1-3. The molecule has 0 amide bonds. The van der Waals surface area contributed by atoms with Gasteiger partial charge >= 0.3 is 141 Å². The Hall–Kier alpha value is -1.56. The molecule has 1 aliphatic heterocycles. The Morgan fingerprint density at radius 3 is 1.41 bits per heavy atom. The summed E-state index contributed by atoms with van der Waals surface area (Å²) >= 11 is 1.20. The van der Waals surface area contributed by atoms with Gasteiger partial charge in [0, 0.05) is 0 Å². The summed E-state index contributed by atoms with van der Waals surface area (Å²) in [5, 5.41) is 5.53. The van der Waals surface area contributed by atoms with Gasteiger partial charge in [-0.2, -0.15) is 0 Å². The fraction of sp³-hybridized carbons (Fsp3) is 0. The van der Waals surface area contributed by atoms with Gasteiger partial charge in [-0.05, 0) is 0 Å². The molecule has 0 atom stereocenters. The van der Waals surface area contributed by atoms with Crippen LogP contribution in [0.5, 0.6) is 0 Å². The van der Waals surface area contributed by atoms with Gasteiger partial charge in [-0.25, -0.2) is 0 Å². The van der Waals surface area contributed by atoms with Gasteiger partial charge < -0.3 is 0 Å². The molecule has 0 saturated heterocycles. The molecule has 0 fully saturated rings. The van der Waals surface area contributed by atoms with Crippen molar-refractivity contribution in [3.63, 3.8) is 0 Å². The molecule has 1 heterocycles. The van der Waals surface area contributed by atoms with Crippen LogP contribution in [0.2, 0.25) is 0 Å². The molecule has 22 heavy (non-hydrogen) atoms. The van der Waals surface area contributed by atoms with E-state index in [4.69, 9.17) is 0 Å². The summed E-state index contributed by atoms with van der Waals surface area (Å²) in [5.41, 5.74) is 3.00. The van der Waals surface area contributed by atoms with E-state index < -0.39 is 0 Å². The number of rotatable bonds is 0. The number of hydrogen-bond donors (Lipinski definition) is 0. The molecule has 0 spiro atoms. The third-order valence-corrected chi connectivity index (χ3v) is 11.4. The minimum absolute atomic E-state index is 0.599. The zero-order chi connectivity index (χ0) is 14.5. The molecule has 5 rings (SSSR count). The van der Waals surface area contributed by atoms with Gasteiger partial charge in [0.25, 0.3) is 0 Å².